The first-order valence-electron chi connectivity index (χ1n) is 5.96. The molecule has 7 heteroatoms. The van der Waals surface area contributed by atoms with Gasteiger partial charge in [-0.1, -0.05) is 13.3 Å². The van der Waals surface area contributed by atoms with Gasteiger partial charge in [0.2, 0.25) is 0 Å². The van der Waals surface area contributed by atoms with Crippen molar-refractivity contribution in [2.24, 2.45) is 0 Å². The van der Waals surface area contributed by atoms with Crippen molar-refractivity contribution in [3.05, 3.63) is 0 Å². The average Bonchev–Trinajstić information content (AvgIpc) is 2.34. The minimum Gasteiger partial charge on any atom is -0.479 e. The van der Waals surface area contributed by atoms with Crippen LogP contribution in [0.25, 0.3) is 0 Å². The van der Waals surface area contributed by atoms with Gasteiger partial charge in [-0.2, -0.15) is 0 Å². The lowest BCUT2D eigenvalue weighted by molar-refractivity contribution is -0.147. The molecule has 0 aliphatic heterocycles. The van der Waals surface area contributed by atoms with Crippen molar-refractivity contribution >= 4 is 12.0 Å². The third-order valence-corrected chi connectivity index (χ3v) is 2.18. The molecule has 1 unspecified atom stereocenters. The highest BCUT2D eigenvalue weighted by molar-refractivity contribution is 5.76. The molecule has 0 bridgehead atoms. The average molecular weight is 262 g/mol. The molecule has 1 atom stereocenters. The van der Waals surface area contributed by atoms with Crippen LogP contribution in [0.2, 0.25) is 0 Å². The van der Waals surface area contributed by atoms with Gasteiger partial charge in [0.25, 0.3) is 0 Å². The van der Waals surface area contributed by atoms with Crippen LogP contribution in [0, 0.1) is 0 Å². The molecule has 7 nitrogen and oxygen atoms in total. The smallest absolute Gasteiger partial charge is 0.334 e. The number of carbonyl (C=O) groups excluding carboxylic acids is 1. The van der Waals surface area contributed by atoms with Crippen LogP contribution in [0.4, 0.5) is 4.79 Å². The monoisotopic (exact) mass is 262 g/mol. The highest BCUT2D eigenvalue weighted by Gasteiger charge is 2.16. The van der Waals surface area contributed by atoms with E-state index in [-0.39, 0.29) is 6.54 Å². The Hall–Kier alpha value is -1.34. The fraction of sp³-hybridized carbons (Fsp3) is 0.818. The van der Waals surface area contributed by atoms with E-state index >= 15 is 0 Å². The number of hydrogen-bond donors (Lipinski definition) is 3. The van der Waals surface area contributed by atoms with E-state index in [1.54, 1.807) is 0 Å². The van der Waals surface area contributed by atoms with Crippen LogP contribution in [-0.4, -0.2) is 56.6 Å². The van der Waals surface area contributed by atoms with Crippen molar-refractivity contribution in [1.82, 2.24) is 10.6 Å². The molecule has 2 amide bonds. The molecule has 3 N–H and O–H groups in total. The first-order valence-corrected chi connectivity index (χ1v) is 5.96. The standard InChI is InChI=1S/C11H22N2O5/c1-3-4-6-18-7-5-12-11(16)13-8-9(17-2)10(14)15/h9H,3-8H2,1-2H3,(H,14,15)(H2,12,13,16). The number of aliphatic carboxylic acids is 1. The van der Waals surface area contributed by atoms with E-state index in [4.69, 9.17) is 9.84 Å². The second-order valence-corrected chi connectivity index (χ2v) is 3.67. The van der Waals surface area contributed by atoms with E-state index in [9.17, 15) is 9.59 Å². The largest absolute Gasteiger partial charge is 0.479 e. The van der Waals surface area contributed by atoms with E-state index < -0.39 is 18.1 Å². The lowest BCUT2D eigenvalue weighted by Crippen LogP contribution is -2.43. The molecule has 0 radical (unpaired) electrons. The van der Waals surface area contributed by atoms with Gasteiger partial charge in [0.15, 0.2) is 6.10 Å². The summed E-state index contributed by atoms with van der Waals surface area (Å²) in [6.45, 7) is 3.52. The third-order valence-electron chi connectivity index (χ3n) is 2.18. The number of methoxy groups -OCH3 is 1. The Labute approximate surface area is 107 Å². The molecular formula is C11H22N2O5. The summed E-state index contributed by atoms with van der Waals surface area (Å²) in [6, 6.07) is -0.433. The summed E-state index contributed by atoms with van der Waals surface area (Å²) in [5, 5.41) is 13.6. The Kier molecular flexibility index (Phi) is 9.99. The molecule has 18 heavy (non-hydrogen) atoms. The van der Waals surface area contributed by atoms with Gasteiger partial charge < -0.3 is 25.2 Å². The van der Waals surface area contributed by atoms with E-state index in [1.807, 2.05) is 0 Å². The van der Waals surface area contributed by atoms with Crippen LogP contribution >= 0.6 is 0 Å². The topological polar surface area (TPSA) is 96.9 Å². The van der Waals surface area contributed by atoms with Gasteiger partial charge >= 0.3 is 12.0 Å². The van der Waals surface area contributed by atoms with Crippen molar-refractivity contribution in [2.75, 3.05) is 33.4 Å². The summed E-state index contributed by atoms with van der Waals surface area (Å²) in [4.78, 5) is 21.8. The van der Waals surface area contributed by atoms with Gasteiger partial charge in [-0.15, -0.1) is 0 Å². The first kappa shape index (κ1) is 16.7. The van der Waals surface area contributed by atoms with Crippen molar-refractivity contribution < 1.29 is 24.2 Å². The maximum Gasteiger partial charge on any atom is 0.334 e. The van der Waals surface area contributed by atoms with Gasteiger partial charge in [-0.3, -0.25) is 0 Å². The first-order chi connectivity index (χ1) is 8.61. The van der Waals surface area contributed by atoms with E-state index in [2.05, 4.69) is 22.3 Å². The summed E-state index contributed by atoms with van der Waals surface area (Å²) in [5.74, 6) is -1.11. The number of rotatable bonds is 10. The number of unbranched alkanes of at least 4 members (excludes halogenated alkanes) is 1. The number of carboxylic acid groups (broad SMARTS) is 1. The van der Waals surface area contributed by atoms with Gasteiger partial charge in [0.05, 0.1) is 13.2 Å². The van der Waals surface area contributed by atoms with Crippen LogP contribution < -0.4 is 10.6 Å². The van der Waals surface area contributed by atoms with Crippen molar-refractivity contribution in [1.29, 1.82) is 0 Å². The molecule has 0 aliphatic rings. The zero-order valence-corrected chi connectivity index (χ0v) is 10.9. The molecule has 0 fully saturated rings. The van der Waals surface area contributed by atoms with E-state index in [1.165, 1.54) is 7.11 Å². The number of ether oxygens (including phenoxy) is 2. The van der Waals surface area contributed by atoms with Gasteiger partial charge in [0, 0.05) is 20.3 Å². The molecule has 0 saturated carbocycles. The summed E-state index contributed by atoms with van der Waals surface area (Å²) < 4.78 is 9.91. The van der Waals surface area contributed by atoms with Crippen molar-refractivity contribution in [3.63, 3.8) is 0 Å². The highest BCUT2D eigenvalue weighted by Crippen LogP contribution is 1.88. The molecule has 0 aromatic carbocycles. The SMILES string of the molecule is CCCCOCCNC(=O)NCC(OC)C(=O)O. The maximum absolute atomic E-state index is 11.2. The van der Waals surface area contributed by atoms with Gasteiger partial charge in [0.1, 0.15) is 0 Å². The molecule has 0 aromatic heterocycles. The molecule has 0 aliphatic carbocycles. The van der Waals surface area contributed by atoms with Crippen LogP contribution in [0.1, 0.15) is 19.8 Å². The fourth-order valence-electron chi connectivity index (χ4n) is 1.10. The lowest BCUT2D eigenvalue weighted by atomic mass is 10.3. The third kappa shape index (κ3) is 8.77. The summed E-state index contributed by atoms with van der Waals surface area (Å²) >= 11 is 0. The Morgan fingerprint density at radius 1 is 1.28 bits per heavy atom. The van der Waals surface area contributed by atoms with Crippen LogP contribution in [0.3, 0.4) is 0 Å². The zero-order valence-electron chi connectivity index (χ0n) is 10.9. The molecule has 0 saturated heterocycles. The van der Waals surface area contributed by atoms with Gasteiger partial charge in [-0.25, -0.2) is 9.59 Å². The van der Waals surface area contributed by atoms with E-state index in [0.717, 1.165) is 12.8 Å². The fourth-order valence-corrected chi connectivity index (χ4v) is 1.10. The number of carbonyl (C=O) groups is 2. The quantitative estimate of drug-likeness (QED) is 0.489. The van der Waals surface area contributed by atoms with Crippen LogP contribution in [0.15, 0.2) is 0 Å². The van der Waals surface area contributed by atoms with Gasteiger partial charge in [-0.05, 0) is 6.42 Å². The number of carboxylic acids is 1. The van der Waals surface area contributed by atoms with Crippen LogP contribution in [0.5, 0.6) is 0 Å². The minimum absolute atomic E-state index is 0.0750. The Bertz CT molecular complexity index is 248. The minimum atomic E-state index is -1.11. The number of hydrogen-bond acceptors (Lipinski definition) is 4. The molecule has 0 rings (SSSR count). The summed E-state index contributed by atoms with van der Waals surface area (Å²) in [7, 11) is 1.28. The molecule has 0 aromatic rings. The number of urea groups is 1. The summed E-state index contributed by atoms with van der Waals surface area (Å²) in [6.07, 6.45) is 1.04. The second kappa shape index (κ2) is 10.8. The zero-order chi connectivity index (χ0) is 13.8. The van der Waals surface area contributed by atoms with Crippen molar-refractivity contribution in [2.45, 2.75) is 25.9 Å². The second-order valence-electron chi connectivity index (χ2n) is 3.67. The Morgan fingerprint density at radius 3 is 2.56 bits per heavy atom. The van der Waals surface area contributed by atoms with E-state index in [0.29, 0.717) is 19.8 Å². The Morgan fingerprint density at radius 2 is 2.00 bits per heavy atom. The molecule has 0 heterocycles. The highest BCUT2D eigenvalue weighted by atomic mass is 16.5. The van der Waals surface area contributed by atoms with Crippen LogP contribution in [-0.2, 0) is 14.3 Å². The Balaban J connectivity index is 3.50. The number of amides is 2. The normalized spacial score (nSPS) is 11.9. The summed E-state index contributed by atoms with van der Waals surface area (Å²) in [5.41, 5.74) is 0. The predicted octanol–water partition coefficient (Wildman–Crippen LogP) is 0.202. The molecule has 0 spiro atoms. The lowest BCUT2D eigenvalue weighted by Gasteiger charge is -2.12. The maximum atomic E-state index is 11.2. The predicted molar refractivity (Wildman–Crippen MR) is 65.6 cm³/mol. The molecular weight excluding hydrogens is 240 g/mol. The van der Waals surface area contributed by atoms with Crippen molar-refractivity contribution in [3.8, 4) is 0 Å². The number of nitrogens with one attached hydrogen (secondary N) is 2. The molecule has 106 valence electrons.